The normalized spacial score (nSPS) is 18.9. The zero-order valence-corrected chi connectivity index (χ0v) is 13.2. The molecule has 6 nitrogen and oxygen atoms in total. The van der Waals surface area contributed by atoms with E-state index in [1.54, 1.807) is 17.3 Å². The van der Waals surface area contributed by atoms with Crippen molar-refractivity contribution in [1.29, 1.82) is 0 Å². The van der Waals surface area contributed by atoms with Crippen molar-refractivity contribution < 1.29 is 9.53 Å². The van der Waals surface area contributed by atoms with E-state index in [1.807, 2.05) is 27.7 Å². The van der Waals surface area contributed by atoms with Crippen molar-refractivity contribution in [2.24, 2.45) is 0 Å². The van der Waals surface area contributed by atoms with Crippen LogP contribution in [-0.4, -0.2) is 45.7 Å². The second kappa shape index (κ2) is 6.39. The van der Waals surface area contributed by atoms with Crippen LogP contribution in [0.1, 0.15) is 38.6 Å². The molecule has 0 aliphatic carbocycles. The van der Waals surface area contributed by atoms with Gasteiger partial charge in [-0.25, -0.2) is 4.79 Å². The molecular formula is C15H24N4O2. The molecule has 1 N–H and O–H groups in total. The first-order valence-corrected chi connectivity index (χ1v) is 7.32. The van der Waals surface area contributed by atoms with Gasteiger partial charge in [-0.05, 0) is 34.1 Å². The Morgan fingerprint density at radius 3 is 2.81 bits per heavy atom. The number of nitrogens with zero attached hydrogens (tertiary/aromatic N) is 3. The summed E-state index contributed by atoms with van der Waals surface area (Å²) in [6.45, 7) is 9.63. The number of carbonyl (C=O) groups excluding carboxylic acids is 1. The van der Waals surface area contributed by atoms with E-state index < -0.39 is 5.60 Å². The molecule has 1 aromatic heterocycles. The van der Waals surface area contributed by atoms with E-state index in [-0.39, 0.29) is 12.1 Å². The minimum atomic E-state index is -0.444. The molecule has 0 spiro atoms. The largest absolute Gasteiger partial charge is 0.444 e. The molecule has 1 aliphatic rings. The first kappa shape index (κ1) is 15.7. The SMILES string of the molecule is Cc1cnc(CNC2CCN(C(=O)OC(C)(C)C)C2)cn1. The summed E-state index contributed by atoms with van der Waals surface area (Å²) < 4.78 is 5.38. The van der Waals surface area contributed by atoms with E-state index in [2.05, 4.69) is 15.3 Å². The number of aryl methyl sites for hydroxylation is 1. The topological polar surface area (TPSA) is 67.4 Å². The van der Waals surface area contributed by atoms with Crippen molar-refractivity contribution in [1.82, 2.24) is 20.2 Å². The minimum Gasteiger partial charge on any atom is -0.444 e. The summed E-state index contributed by atoms with van der Waals surface area (Å²) in [7, 11) is 0. The Hall–Kier alpha value is -1.69. The summed E-state index contributed by atoms with van der Waals surface area (Å²) in [5.41, 5.74) is 1.38. The van der Waals surface area contributed by atoms with Crippen LogP contribution in [0.2, 0.25) is 0 Å². The lowest BCUT2D eigenvalue weighted by Gasteiger charge is -2.24. The molecule has 0 saturated carbocycles. The van der Waals surface area contributed by atoms with Crippen LogP contribution in [-0.2, 0) is 11.3 Å². The standard InChI is InChI=1S/C15H24N4O2/c1-11-7-17-13(8-16-11)9-18-12-5-6-19(10-12)14(20)21-15(2,3)4/h7-8,12,18H,5-6,9-10H2,1-4H3. The zero-order valence-electron chi connectivity index (χ0n) is 13.2. The van der Waals surface area contributed by atoms with Gasteiger partial charge in [-0.3, -0.25) is 9.97 Å². The lowest BCUT2D eigenvalue weighted by Crippen LogP contribution is -2.38. The van der Waals surface area contributed by atoms with Gasteiger partial charge in [0.15, 0.2) is 0 Å². The fourth-order valence-electron chi connectivity index (χ4n) is 2.18. The zero-order chi connectivity index (χ0) is 15.5. The molecule has 1 aliphatic heterocycles. The molecule has 1 unspecified atom stereocenters. The van der Waals surface area contributed by atoms with Crippen LogP contribution >= 0.6 is 0 Å². The Morgan fingerprint density at radius 1 is 1.43 bits per heavy atom. The Balaban J connectivity index is 1.77. The summed E-state index contributed by atoms with van der Waals surface area (Å²) in [5.74, 6) is 0. The third-order valence-electron chi connectivity index (χ3n) is 3.25. The Labute approximate surface area is 125 Å². The summed E-state index contributed by atoms with van der Waals surface area (Å²) in [6, 6.07) is 0.278. The van der Waals surface area contributed by atoms with Crippen LogP contribution < -0.4 is 5.32 Å². The molecule has 0 aromatic carbocycles. The summed E-state index contributed by atoms with van der Waals surface area (Å²) >= 11 is 0. The first-order chi connectivity index (χ1) is 9.83. The van der Waals surface area contributed by atoms with Gasteiger partial charge in [0.1, 0.15) is 5.60 Å². The van der Waals surface area contributed by atoms with Crippen molar-refractivity contribution in [2.75, 3.05) is 13.1 Å². The molecule has 0 bridgehead atoms. The Kier molecular flexibility index (Phi) is 4.77. The number of aromatic nitrogens is 2. The number of hydrogen-bond donors (Lipinski definition) is 1. The molecule has 1 aromatic rings. The number of carbonyl (C=O) groups is 1. The summed E-state index contributed by atoms with van der Waals surface area (Å²) in [5, 5.41) is 3.41. The van der Waals surface area contributed by atoms with Crippen LogP contribution in [0.3, 0.4) is 0 Å². The van der Waals surface area contributed by atoms with E-state index >= 15 is 0 Å². The molecule has 21 heavy (non-hydrogen) atoms. The van der Waals surface area contributed by atoms with Crippen LogP contribution in [0.25, 0.3) is 0 Å². The molecule has 0 radical (unpaired) electrons. The molecule has 1 saturated heterocycles. The van der Waals surface area contributed by atoms with Crippen molar-refractivity contribution in [3.8, 4) is 0 Å². The predicted molar refractivity (Wildman–Crippen MR) is 79.8 cm³/mol. The van der Waals surface area contributed by atoms with Gasteiger partial charge in [0, 0.05) is 38.1 Å². The maximum atomic E-state index is 12.0. The van der Waals surface area contributed by atoms with E-state index in [9.17, 15) is 4.79 Å². The highest BCUT2D eigenvalue weighted by atomic mass is 16.6. The molecule has 116 valence electrons. The van der Waals surface area contributed by atoms with Gasteiger partial charge >= 0.3 is 6.09 Å². The van der Waals surface area contributed by atoms with Crippen molar-refractivity contribution in [2.45, 2.75) is 52.3 Å². The lowest BCUT2D eigenvalue weighted by atomic mass is 10.2. The Morgan fingerprint density at radius 2 is 2.19 bits per heavy atom. The number of nitrogens with one attached hydrogen (secondary N) is 1. The van der Waals surface area contributed by atoms with Crippen molar-refractivity contribution in [3.63, 3.8) is 0 Å². The van der Waals surface area contributed by atoms with E-state index in [0.29, 0.717) is 13.1 Å². The maximum absolute atomic E-state index is 12.0. The second-order valence-electron chi connectivity index (χ2n) is 6.44. The smallest absolute Gasteiger partial charge is 0.410 e. The predicted octanol–water partition coefficient (Wildman–Crippen LogP) is 1.88. The van der Waals surface area contributed by atoms with E-state index in [4.69, 9.17) is 4.74 Å². The van der Waals surface area contributed by atoms with Gasteiger partial charge in [0.05, 0.1) is 11.4 Å². The van der Waals surface area contributed by atoms with Crippen LogP contribution in [0.5, 0.6) is 0 Å². The van der Waals surface area contributed by atoms with Gasteiger partial charge in [-0.15, -0.1) is 0 Å². The Bertz CT molecular complexity index is 481. The fourth-order valence-corrected chi connectivity index (χ4v) is 2.18. The van der Waals surface area contributed by atoms with Gasteiger partial charge in [0.2, 0.25) is 0 Å². The maximum Gasteiger partial charge on any atom is 0.410 e. The minimum absolute atomic E-state index is 0.234. The number of amides is 1. The van der Waals surface area contributed by atoms with Crippen LogP contribution in [0, 0.1) is 6.92 Å². The number of likely N-dealkylation sites (tertiary alicyclic amines) is 1. The van der Waals surface area contributed by atoms with E-state index in [0.717, 1.165) is 24.4 Å². The molecule has 6 heteroatoms. The highest BCUT2D eigenvalue weighted by molar-refractivity contribution is 5.68. The van der Waals surface area contributed by atoms with Crippen LogP contribution in [0.15, 0.2) is 12.4 Å². The molecule has 2 heterocycles. The fraction of sp³-hybridized carbons (Fsp3) is 0.667. The summed E-state index contributed by atoms with van der Waals surface area (Å²) in [4.78, 5) is 22.3. The third-order valence-corrected chi connectivity index (χ3v) is 3.25. The van der Waals surface area contributed by atoms with Gasteiger partial charge in [-0.2, -0.15) is 0 Å². The summed E-state index contributed by atoms with van der Waals surface area (Å²) in [6.07, 6.45) is 4.24. The average molecular weight is 292 g/mol. The number of rotatable bonds is 3. The van der Waals surface area contributed by atoms with Crippen LogP contribution in [0.4, 0.5) is 4.79 Å². The lowest BCUT2D eigenvalue weighted by molar-refractivity contribution is 0.0291. The van der Waals surface area contributed by atoms with Gasteiger partial charge < -0.3 is 15.0 Å². The quantitative estimate of drug-likeness (QED) is 0.921. The molecule has 1 fully saturated rings. The number of hydrogen-bond acceptors (Lipinski definition) is 5. The van der Waals surface area contributed by atoms with Gasteiger partial charge in [0.25, 0.3) is 0 Å². The van der Waals surface area contributed by atoms with Crippen molar-refractivity contribution in [3.05, 3.63) is 23.8 Å². The van der Waals surface area contributed by atoms with Gasteiger partial charge in [-0.1, -0.05) is 0 Å². The highest BCUT2D eigenvalue weighted by Gasteiger charge is 2.29. The molecule has 2 rings (SSSR count). The highest BCUT2D eigenvalue weighted by Crippen LogP contribution is 2.15. The second-order valence-corrected chi connectivity index (χ2v) is 6.44. The average Bonchev–Trinajstić information content (AvgIpc) is 2.85. The molecular weight excluding hydrogens is 268 g/mol. The first-order valence-electron chi connectivity index (χ1n) is 7.32. The molecule has 1 atom stereocenters. The monoisotopic (exact) mass is 292 g/mol. The number of ether oxygens (including phenoxy) is 1. The third kappa shape index (κ3) is 4.97. The van der Waals surface area contributed by atoms with Crippen molar-refractivity contribution >= 4 is 6.09 Å². The van der Waals surface area contributed by atoms with E-state index in [1.165, 1.54) is 0 Å². The molecule has 1 amide bonds.